The number of nitrogens with zero attached hydrogens (tertiary/aromatic N) is 4. The quantitative estimate of drug-likeness (QED) is 0.215. The zero-order valence-electron chi connectivity index (χ0n) is 18.6. The second-order valence-electron chi connectivity index (χ2n) is 7.62. The van der Waals surface area contributed by atoms with Crippen LogP contribution in [0.1, 0.15) is 32.0 Å². The van der Waals surface area contributed by atoms with Crippen molar-refractivity contribution < 1.29 is 4.74 Å². The normalized spacial score (nSPS) is 17.3. The summed E-state index contributed by atoms with van der Waals surface area (Å²) < 4.78 is 7.54. The third-order valence-corrected chi connectivity index (χ3v) is 5.58. The molecule has 3 rings (SSSR count). The number of guanidine groups is 1. The summed E-state index contributed by atoms with van der Waals surface area (Å²) in [6.45, 7) is 10.7. The number of aromatic nitrogens is 2. The number of halogens is 1. The molecule has 1 saturated heterocycles. The third kappa shape index (κ3) is 6.81. The van der Waals surface area contributed by atoms with Gasteiger partial charge in [0.25, 0.3) is 0 Å². The summed E-state index contributed by atoms with van der Waals surface area (Å²) in [5.74, 6) is 1.99. The van der Waals surface area contributed by atoms with Crippen molar-refractivity contribution in [3.8, 4) is 0 Å². The summed E-state index contributed by atoms with van der Waals surface area (Å²) >= 11 is 0. The summed E-state index contributed by atoms with van der Waals surface area (Å²) in [6, 6.07) is 8.87. The highest BCUT2D eigenvalue weighted by molar-refractivity contribution is 14.0. The number of para-hydroxylation sites is 2. The van der Waals surface area contributed by atoms with Gasteiger partial charge in [-0.15, -0.1) is 24.0 Å². The number of fused-ring (bicyclic) bond motifs is 1. The van der Waals surface area contributed by atoms with E-state index in [0.29, 0.717) is 6.04 Å². The Labute approximate surface area is 197 Å². The molecule has 1 unspecified atom stereocenters. The number of imidazole rings is 1. The van der Waals surface area contributed by atoms with Gasteiger partial charge in [0.05, 0.1) is 24.2 Å². The minimum absolute atomic E-state index is 0. The third-order valence-electron chi connectivity index (χ3n) is 5.58. The Hall–Kier alpha value is -1.39. The first kappa shape index (κ1) is 24.9. The topological polar surface area (TPSA) is 66.7 Å². The molecule has 1 atom stereocenters. The molecule has 1 aliphatic heterocycles. The predicted octanol–water partition coefficient (Wildman–Crippen LogP) is 3.02. The first-order chi connectivity index (χ1) is 14.2. The van der Waals surface area contributed by atoms with Gasteiger partial charge in [-0.25, -0.2) is 4.98 Å². The summed E-state index contributed by atoms with van der Waals surface area (Å²) in [7, 11) is 1.77. The zero-order chi connectivity index (χ0) is 20.5. The maximum Gasteiger partial charge on any atom is 0.191 e. The number of ether oxygens (including phenoxy) is 1. The van der Waals surface area contributed by atoms with Crippen molar-refractivity contribution in [1.82, 2.24) is 25.1 Å². The molecular weight excluding hydrogens is 491 g/mol. The maximum absolute atomic E-state index is 5.24. The largest absolute Gasteiger partial charge is 0.383 e. The Morgan fingerprint density at radius 1 is 1.27 bits per heavy atom. The van der Waals surface area contributed by atoms with Crippen LogP contribution in [0.4, 0.5) is 0 Å². The number of rotatable bonds is 10. The van der Waals surface area contributed by atoms with Crippen LogP contribution in [-0.2, 0) is 11.3 Å². The summed E-state index contributed by atoms with van der Waals surface area (Å²) in [5, 5.41) is 6.87. The lowest BCUT2D eigenvalue weighted by atomic mass is 10.2. The number of hydrogen-bond donors (Lipinski definition) is 2. The molecule has 2 heterocycles. The fourth-order valence-corrected chi connectivity index (χ4v) is 4.07. The molecule has 1 aromatic carbocycles. The average Bonchev–Trinajstić information content (AvgIpc) is 3.31. The van der Waals surface area contributed by atoms with E-state index >= 15 is 0 Å². The Morgan fingerprint density at radius 2 is 2.10 bits per heavy atom. The first-order valence-electron chi connectivity index (χ1n) is 10.9. The van der Waals surface area contributed by atoms with Gasteiger partial charge in [-0.2, -0.15) is 0 Å². The van der Waals surface area contributed by atoms with Gasteiger partial charge in [0.1, 0.15) is 5.82 Å². The van der Waals surface area contributed by atoms with Crippen LogP contribution in [0, 0.1) is 6.92 Å². The minimum atomic E-state index is 0. The van der Waals surface area contributed by atoms with Crippen molar-refractivity contribution in [3.63, 3.8) is 0 Å². The Kier molecular flexibility index (Phi) is 10.9. The van der Waals surface area contributed by atoms with Crippen LogP contribution in [0.2, 0.25) is 0 Å². The van der Waals surface area contributed by atoms with E-state index in [0.717, 1.165) is 69.6 Å². The van der Waals surface area contributed by atoms with Gasteiger partial charge in [-0.1, -0.05) is 12.1 Å². The molecule has 0 amide bonds. The molecule has 30 heavy (non-hydrogen) atoms. The second-order valence-corrected chi connectivity index (χ2v) is 7.62. The van der Waals surface area contributed by atoms with Gasteiger partial charge in [0, 0.05) is 39.3 Å². The number of methoxy groups -OCH3 is 1. The van der Waals surface area contributed by atoms with Crippen molar-refractivity contribution in [2.75, 3.05) is 46.4 Å². The molecule has 168 valence electrons. The van der Waals surface area contributed by atoms with Gasteiger partial charge in [-0.3, -0.25) is 9.89 Å². The number of likely N-dealkylation sites (tertiary alicyclic amines) is 1. The number of nitrogens with one attached hydrogen (secondary N) is 2. The highest BCUT2D eigenvalue weighted by atomic mass is 127. The van der Waals surface area contributed by atoms with Crippen LogP contribution in [0.3, 0.4) is 0 Å². The van der Waals surface area contributed by atoms with Gasteiger partial charge in [0.2, 0.25) is 0 Å². The number of aryl methyl sites for hydroxylation is 2. The standard InChI is InChI=1S/C22H36N6O.HI/c1-4-23-22(25-17-19-9-7-13-27(19)15-16-29-3)24-12-8-14-28-18(2)26-20-10-5-6-11-21(20)28;/h5-6,10-11,19H,4,7-9,12-17H2,1-3H3,(H2,23,24,25);1H. The van der Waals surface area contributed by atoms with Crippen molar-refractivity contribution in [2.45, 2.75) is 45.7 Å². The zero-order valence-corrected chi connectivity index (χ0v) is 20.9. The Bertz CT molecular complexity index is 793. The number of hydrogen-bond acceptors (Lipinski definition) is 4. The van der Waals surface area contributed by atoms with E-state index < -0.39 is 0 Å². The van der Waals surface area contributed by atoms with Crippen molar-refractivity contribution in [1.29, 1.82) is 0 Å². The SMILES string of the molecule is CCNC(=NCC1CCCN1CCOC)NCCCn1c(C)nc2ccccc21.I. The van der Waals surface area contributed by atoms with Crippen LogP contribution in [0.25, 0.3) is 11.0 Å². The first-order valence-corrected chi connectivity index (χ1v) is 10.9. The summed E-state index contributed by atoms with van der Waals surface area (Å²) in [4.78, 5) is 12.0. The fraction of sp³-hybridized carbons (Fsp3) is 0.636. The van der Waals surface area contributed by atoms with Crippen LogP contribution < -0.4 is 10.6 Å². The molecule has 1 fully saturated rings. The van der Waals surface area contributed by atoms with Gasteiger partial charge < -0.3 is 19.9 Å². The molecule has 2 N–H and O–H groups in total. The Morgan fingerprint density at radius 3 is 2.90 bits per heavy atom. The van der Waals surface area contributed by atoms with E-state index in [2.05, 4.69) is 57.1 Å². The molecule has 0 spiro atoms. The Balaban J connectivity index is 0.00000320. The van der Waals surface area contributed by atoms with Gasteiger partial charge in [-0.05, 0) is 51.8 Å². The van der Waals surface area contributed by atoms with Crippen LogP contribution >= 0.6 is 24.0 Å². The van der Waals surface area contributed by atoms with Crippen molar-refractivity contribution >= 4 is 41.0 Å². The van der Waals surface area contributed by atoms with Crippen LogP contribution in [-0.4, -0.2) is 72.9 Å². The van der Waals surface area contributed by atoms with E-state index in [1.54, 1.807) is 7.11 Å². The lowest BCUT2D eigenvalue weighted by Crippen LogP contribution is -2.40. The highest BCUT2D eigenvalue weighted by Gasteiger charge is 2.23. The van der Waals surface area contributed by atoms with E-state index in [1.807, 2.05) is 6.07 Å². The molecule has 0 aliphatic carbocycles. The van der Waals surface area contributed by atoms with Gasteiger partial charge >= 0.3 is 0 Å². The van der Waals surface area contributed by atoms with E-state index in [4.69, 9.17) is 9.73 Å². The molecule has 2 aromatic rings. The lowest BCUT2D eigenvalue weighted by Gasteiger charge is -2.23. The smallest absolute Gasteiger partial charge is 0.191 e. The van der Waals surface area contributed by atoms with E-state index in [9.17, 15) is 0 Å². The molecule has 7 nitrogen and oxygen atoms in total. The highest BCUT2D eigenvalue weighted by Crippen LogP contribution is 2.17. The molecule has 1 aliphatic rings. The molecule has 0 bridgehead atoms. The van der Waals surface area contributed by atoms with Crippen LogP contribution in [0.15, 0.2) is 29.3 Å². The predicted molar refractivity (Wildman–Crippen MR) is 135 cm³/mol. The van der Waals surface area contributed by atoms with Crippen molar-refractivity contribution in [3.05, 3.63) is 30.1 Å². The average molecular weight is 528 g/mol. The maximum atomic E-state index is 5.24. The monoisotopic (exact) mass is 528 g/mol. The molecule has 8 heteroatoms. The second kappa shape index (κ2) is 13.1. The molecular formula is C22H37IN6O. The van der Waals surface area contributed by atoms with E-state index in [1.165, 1.54) is 18.4 Å². The van der Waals surface area contributed by atoms with Crippen molar-refractivity contribution in [2.24, 2.45) is 4.99 Å². The molecule has 0 radical (unpaired) electrons. The van der Waals surface area contributed by atoms with Crippen LogP contribution in [0.5, 0.6) is 0 Å². The number of benzene rings is 1. The fourth-order valence-electron chi connectivity index (χ4n) is 4.07. The lowest BCUT2D eigenvalue weighted by molar-refractivity contribution is 0.142. The number of aliphatic imine (C=N–C) groups is 1. The summed E-state index contributed by atoms with van der Waals surface area (Å²) in [5.41, 5.74) is 2.28. The van der Waals surface area contributed by atoms with E-state index in [-0.39, 0.29) is 24.0 Å². The minimum Gasteiger partial charge on any atom is -0.383 e. The molecule has 0 saturated carbocycles. The van der Waals surface area contributed by atoms with Gasteiger partial charge in [0.15, 0.2) is 5.96 Å². The molecule has 1 aromatic heterocycles. The summed E-state index contributed by atoms with van der Waals surface area (Å²) in [6.07, 6.45) is 3.50.